The molecule has 29 N–H and O–H groups in total. The van der Waals surface area contributed by atoms with Crippen molar-refractivity contribution in [2.45, 2.75) is 0 Å². The first-order valence-electron chi connectivity index (χ1n) is 11.5. The van der Waals surface area contributed by atoms with Gasteiger partial charge in [-0.2, -0.15) is 0 Å². The molecule has 0 fully saturated rings. The van der Waals surface area contributed by atoms with Crippen LogP contribution in [0.3, 0.4) is 0 Å². The molecule has 0 aromatic heterocycles. The molecular weight excluding hydrogens is 1200 g/mol. The Balaban J connectivity index is 23.5. The summed E-state index contributed by atoms with van der Waals surface area (Å²) in [6, 6.07) is -260. The summed E-state index contributed by atoms with van der Waals surface area (Å²) in [4.78, 5) is 320. The van der Waals surface area contributed by atoms with Gasteiger partial charge in [-0.05, 0) is 0 Å². The summed E-state index contributed by atoms with van der Waals surface area (Å²) in [6.45, 7) is 0. The van der Waals surface area contributed by atoms with Crippen molar-refractivity contribution in [3.63, 3.8) is 0 Å². The third kappa shape index (κ3) is 0.465. The van der Waals surface area contributed by atoms with Gasteiger partial charge in [0.25, 0.3) is 0 Å². The van der Waals surface area contributed by atoms with Crippen molar-refractivity contribution in [2.24, 2.45) is 0 Å². The van der Waals surface area contributed by atoms with E-state index in [0.29, 0.717) is 0 Å². The molecule has 0 saturated carbocycles. The number of hydrogen-bond acceptors (Lipinski definition) is 16. The van der Waals surface area contributed by atoms with Crippen LogP contribution in [0, 0.1) is 0 Å². The van der Waals surface area contributed by atoms with Gasteiger partial charge in [-0.15, -0.1) is 0 Å². The summed E-state index contributed by atoms with van der Waals surface area (Å²) in [5.74, 6) is 0. The minimum absolute atomic E-state index is 11.4. The summed E-state index contributed by atoms with van der Waals surface area (Å²) < 4.78 is 238. The monoisotopic (exact) mass is 1230 g/mol. The third-order valence-corrected chi connectivity index (χ3v) is 844. The van der Waals surface area contributed by atoms with Gasteiger partial charge in [0, 0.05) is 0 Å². The Labute approximate surface area is 289 Å². The van der Waals surface area contributed by atoms with Crippen molar-refractivity contribution >= 4 is 84.9 Å². The van der Waals surface area contributed by atoms with E-state index in [1.807, 2.05) is 0 Å². The summed E-state index contributed by atoms with van der Waals surface area (Å²) in [7, 11) is 0. The molecule has 60 heavy (non-hydrogen) atoms. The second-order valence-electron chi connectivity index (χ2n) is 19.1. The second-order valence-corrected chi connectivity index (χ2v) is 403. The van der Waals surface area contributed by atoms with Crippen molar-refractivity contribution in [1.82, 2.24) is 0 Å². The van der Waals surface area contributed by atoms with Crippen molar-refractivity contribution in [3.05, 3.63) is 0 Å². The van der Waals surface area contributed by atoms with Crippen molar-refractivity contribution in [3.8, 4) is 0 Å². The van der Waals surface area contributed by atoms with Crippen LogP contribution in [-0.2, 0) is 64.3 Å². The Morgan fingerprint density at radius 1 is 0.167 bits per heavy atom. The van der Waals surface area contributed by atoms with Gasteiger partial charge in [0.15, 0.2) is 0 Å². The predicted octanol–water partition coefficient (Wildman–Crippen LogP) is -6.00. The fourth-order valence-corrected chi connectivity index (χ4v) is 513. The first kappa shape index (κ1) is 62.2. The van der Waals surface area contributed by atoms with E-state index in [1.54, 1.807) is 0 Å². The van der Waals surface area contributed by atoms with Gasteiger partial charge < -0.3 is 0 Å². The summed E-state index contributed by atoms with van der Waals surface area (Å²) in [6.07, 6.45) is 0. The molecule has 0 bridgehead atoms. The van der Waals surface area contributed by atoms with Crippen molar-refractivity contribution in [2.75, 3.05) is 0 Å². The van der Waals surface area contributed by atoms with E-state index >= 15 is 71.3 Å². The molecule has 0 saturated heterocycles. The maximum atomic E-state index is 20.2. The van der Waals surface area contributed by atoms with Gasteiger partial charge in [0.1, 0.15) is 0 Å². The quantitative estimate of drug-likeness (QED) is 0.0720. The molecule has 0 aromatic rings. The summed E-state index contributed by atoms with van der Waals surface area (Å²) in [5, 5.41) is 0. The normalized spacial score (nSPS) is 32.5. The second kappa shape index (κ2) is 4.50. The summed E-state index contributed by atoms with van der Waals surface area (Å²) in [5.41, 5.74) is 0. The fraction of sp³-hybridized carbons (Fsp3) is 0. The molecule has 0 rings (SSSR count). The zero-order chi connectivity index (χ0) is 52.2. The Hall–Kier alpha value is 2.24. The first-order valence-corrected chi connectivity index (χ1v) is 61.4. The molecule has 0 heterocycles. The Morgan fingerprint density at radius 3 is 0.200 bits per heavy atom. The predicted molar refractivity (Wildman–Crippen MR) is 172 cm³/mol. The van der Waals surface area contributed by atoms with Crippen LogP contribution in [0.4, 0.5) is 0 Å². The van der Waals surface area contributed by atoms with Crippen LogP contribution in [0.2, 0.25) is 0 Å². The topological polar surface area (TPSA) is 860 Å². The van der Waals surface area contributed by atoms with Crippen molar-refractivity contribution < 1.29 is 205 Å². The van der Waals surface area contributed by atoms with Gasteiger partial charge >= 0.3 is 290 Å². The average molecular weight is 1230 g/mol. The van der Waals surface area contributed by atoms with Gasteiger partial charge in [-0.1, -0.05) is 0 Å². The molecule has 0 atom stereocenters. The molecule has 45 nitrogen and oxygen atoms in total. The zero-order valence-corrected chi connectivity index (χ0v) is 40.1. The first-order chi connectivity index (χ1) is 23.4. The fourth-order valence-electron chi connectivity index (χ4n) is 13.8. The van der Waals surface area contributed by atoms with E-state index in [9.17, 15) is 141 Å². The van der Waals surface area contributed by atoms with E-state index in [1.165, 1.54) is 0 Å². The zero-order valence-electron chi connectivity index (χ0n) is 26.2. The molecule has 0 aromatic carbocycles. The Bertz CT molecular complexity index is 3510. The minimum atomic E-state index is -36.1. The third-order valence-electron chi connectivity index (χ3n) is 25.8. The van der Waals surface area contributed by atoms with Crippen LogP contribution in [0.15, 0.2) is 0 Å². The van der Waals surface area contributed by atoms with Crippen LogP contribution < -0.4 is 0 Å². The molecule has 0 aliphatic rings. The molecule has 60 heteroatoms. The van der Waals surface area contributed by atoms with Gasteiger partial charge in [0.2, 0.25) is 0 Å². The number of hydrogen-bond donors (Lipinski definition) is 29. The van der Waals surface area contributed by atoms with Crippen LogP contribution in [0.5, 0.6) is 0 Å². The molecular formula is H29O45P14V. The van der Waals surface area contributed by atoms with Crippen LogP contribution in [-0.4, -0.2) is 141 Å². The number of rotatable bonds is 14. The summed E-state index contributed by atoms with van der Waals surface area (Å²) >= 11 is 0. The molecule has 0 amide bonds. The van der Waals surface area contributed by atoms with Crippen LogP contribution in [0.1, 0.15) is 0 Å². The van der Waals surface area contributed by atoms with E-state index < -0.39 is 78.0 Å². The standard InChI is InChI=1S/14HO3P.H2O.2O.V/c14*1-4(2)3;;;;/h14*(H-,1,2,3);1H2;;;/q;;;;;;;;;;;;;;;;;-13/p+13. The van der Waals surface area contributed by atoms with E-state index in [2.05, 4.69) is 0 Å². The average Bonchev–Trinajstić information content (AvgIpc) is 2.75. The maximum absolute atomic E-state index is 36.1. The van der Waals surface area contributed by atoms with Crippen LogP contribution in [0.25, 0.3) is 0 Å². The Kier molecular flexibility index (Phi) is 4.67. The molecule has 0 aliphatic carbocycles. The molecule has 0 aliphatic heterocycles. The van der Waals surface area contributed by atoms with E-state index in [-0.39, 0.29) is 0 Å². The Morgan fingerprint density at radius 2 is 0.200 bits per heavy atom. The molecule has 0 unspecified atom stereocenters. The molecule has 0 radical (unpaired) electrons. The van der Waals surface area contributed by atoms with Gasteiger partial charge in [-0.25, -0.2) is 0 Å². The van der Waals surface area contributed by atoms with Gasteiger partial charge in [-0.3, -0.25) is 0 Å². The van der Waals surface area contributed by atoms with E-state index in [4.69, 9.17) is 0 Å². The van der Waals surface area contributed by atoms with Crippen molar-refractivity contribution in [1.29, 1.82) is 0 Å². The molecule has 374 valence electrons. The van der Waals surface area contributed by atoms with Gasteiger partial charge in [0.05, 0.1) is 0 Å². The van der Waals surface area contributed by atoms with Crippen LogP contribution >= 0.6 is 84.9 Å². The SMILES string of the molecule is O=[P](O)(O)[V](=[O])(=[O])([OH])([P](=O)(O)O)([P](=O)(O)O)([P](=O)(O)O)([P](=O)(O)O)([P](=O)(O)O)([P](=O)(O)O)([P](=O)(O)O)([P](=O)(O)O)([P](=O)(O)O)([P](=O)(O)O)([P](=O)(O)O)([P](=O)(O)O)[P](=O)(O)O. The van der Waals surface area contributed by atoms with E-state index in [0.717, 1.165) is 0 Å². The molecule has 0 spiro atoms.